The van der Waals surface area contributed by atoms with Crippen molar-refractivity contribution in [3.05, 3.63) is 35.9 Å². The predicted octanol–water partition coefficient (Wildman–Crippen LogP) is -1.62. The first-order valence-corrected chi connectivity index (χ1v) is 6.42. The van der Waals surface area contributed by atoms with Crippen LogP contribution in [0.2, 0.25) is 0 Å². The first-order chi connectivity index (χ1) is 10.6. The highest BCUT2D eigenvalue weighted by Crippen LogP contribution is 2.00. The van der Waals surface area contributed by atoms with Crippen LogP contribution in [0.4, 0.5) is 4.79 Å². The number of carbonyl (C=O) groups is 3. The Kier molecular flexibility index (Phi) is 7.37. The molecule has 0 fully saturated rings. The smallest absolute Gasteiger partial charge is 0.407 e. The summed E-state index contributed by atoms with van der Waals surface area (Å²) in [5.74, 6) is 3.47. The van der Waals surface area contributed by atoms with E-state index >= 15 is 0 Å². The van der Waals surface area contributed by atoms with E-state index in [9.17, 15) is 14.4 Å². The number of carbonyl (C=O) groups excluding carboxylic acids is 3. The van der Waals surface area contributed by atoms with Crippen LogP contribution >= 0.6 is 0 Å². The molecule has 1 atom stereocenters. The largest absolute Gasteiger partial charge is 0.445 e. The standard InChI is InChI=1S/C13H18N4O5/c14-17-12(20)10(7-18)16-11(19)6-15-13(21)22-8-9-4-2-1-3-5-9/h1-5,10,18H,6-8,14H2,(H,15,21)(H,16,19)(H,17,20). The Morgan fingerprint density at radius 1 is 1.23 bits per heavy atom. The van der Waals surface area contributed by atoms with Crippen LogP contribution in [-0.2, 0) is 20.9 Å². The number of aliphatic hydroxyl groups is 1. The lowest BCUT2D eigenvalue weighted by molar-refractivity contribution is -0.129. The lowest BCUT2D eigenvalue weighted by atomic mass is 10.2. The third kappa shape index (κ3) is 6.20. The molecule has 6 N–H and O–H groups in total. The van der Waals surface area contributed by atoms with Crippen molar-refractivity contribution < 1.29 is 24.2 Å². The summed E-state index contributed by atoms with van der Waals surface area (Å²) >= 11 is 0. The second-order valence-electron chi connectivity index (χ2n) is 4.23. The van der Waals surface area contributed by atoms with Crippen molar-refractivity contribution in [3.8, 4) is 0 Å². The number of amides is 3. The molecule has 9 nitrogen and oxygen atoms in total. The van der Waals surface area contributed by atoms with E-state index in [1.165, 1.54) is 0 Å². The van der Waals surface area contributed by atoms with E-state index in [0.717, 1.165) is 5.56 Å². The topological polar surface area (TPSA) is 143 Å². The summed E-state index contributed by atoms with van der Waals surface area (Å²) in [4.78, 5) is 34.1. The van der Waals surface area contributed by atoms with Gasteiger partial charge in [0.05, 0.1) is 6.61 Å². The van der Waals surface area contributed by atoms with E-state index in [4.69, 9.17) is 15.7 Å². The van der Waals surface area contributed by atoms with E-state index < -0.39 is 37.1 Å². The molecule has 0 aliphatic rings. The van der Waals surface area contributed by atoms with Crippen LogP contribution in [-0.4, -0.2) is 42.2 Å². The highest BCUT2D eigenvalue weighted by atomic mass is 16.5. The number of aliphatic hydroxyl groups excluding tert-OH is 1. The third-order valence-corrected chi connectivity index (χ3v) is 2.58. The third-order valence-electron chi connectivity index (χ3n) is 2.58. The van der Waals surface area contributed by atoms with Crippen LogP contribution in [0, 0.1) is 0 Å². The average molecular weight is 310 g/mol. The molecule has 1 aromatic rings. The summed E-state index contributed by atoms with van der Waals surface area (Å²) in [7, 11) is 0. The summed E-state index contributed by atoms with van der Waals surface area (Å²) < 4.78 is 4.90. The van der Waals surface area contributed by atoms with Gasteiger partial charge in [0.2, 0.25) is 5.91 Å². The summed E-state index contributed by atoms with van der Waals surface area (Å²) in [6.07, 6.45) is -0.775. The maximum atomic E-state index is 11.5. The molecule has 0 aromatic heterocycles. The Morgan fingerprint density at radius 2 is 1.91 bits per heavy atom. The number of nitrogens with two attached hydrogens (primary N) is 1. The number of alkyl carbamates (subject to hydrolysis) is 1. The molecule has 1 unspecified atom stereocenters. The number of ether oxygens (including phenoxy) is 1. The Hall–Kier alpha value is -2.65. The monoisotopic (exact) mass is 310 g/mol. The van der Waals surface area contributed by atoms with E-state index in [0.29, 0.717) is 0 Å². The van der Waals surface area contributed by atoms with Gasteiger partial charge in [0, 0.05) is 0 Å². The average Bonchev–Trinajstić information content (AvgIpc) is 2.56. The van der Waals surface area contributed by atoms with Crippen molar-refractivity contribution >= 4 is 17.9 Å². The molecule has 0 bridgehead atoms. The van der Waals surface area contributed by atoms with Crippen LogP contribution in [0.15, 0.2) is 30.3 Å². The van der Waals surface area contributed by atoms with Gasteiger partial charge in [-0.15, -0.1) is 0 Å². The molecule has 0 saturated carbocycles. The molecular formula is C13H18N4O5. The second-order valence-corrected chi connectivity index (χ2v) is 4.23. The van der Waals surface area contributed by atoms with Gasteiger partial charge in [-0.05, 0) is 5.56 Å². The lowest BCUT2D eigenvalue weighted by Crippen LogP contribution is -2.52. The summed E-state index contributed by atoms with van der Waals surface area (Å²) in [6.45, 7) is -0.946. The number of nitrogens with one attached hydrogen (secondary N) is 3. The first-order valence-electron chi connectivity index (χ1n) is 6.42. The van der Waals surface area contributed by atoms with Gasteiger partial charge in [-0.3, -0.25) is 15.0 Å². The normalized spacial score (nSPS) is 11.2. The van der Waals surface area contributed by atoms with Crippen LogP contribution in [0.3, 0.4) is 0 Å². The van der Waals surface area contributed by atoms with Crippen molar-refractivity contribution in [2.24, 2.45) is 5.84 Å². The fourth-order valence-corrected chi connectivity index (χ4v) is 1.47. The van der Waals surface area contributed by atoms with Gasteiger partial charge in [0.1, 0.15) is 19.2 Å². The highest BCUT2D eigenvalue weighted by molar-refractivity contribution is 5.89. The fourth-order valence-electron chi connectivity index (χ4n) is 1.47. The van der Waals surface area contributed by atoms with E-state index in [-0.39, 0.29) is 6.61 Å². The molecule has 1 rings (SSSR count). The highest BCUT2D eigenvalue weighted by Gasteiger charge is 2.19. The number of benzene rings is 1. The van der Waals surface area contributed by atoms with Gasteiger partial charge in [-0.2, -0.15) is 0 Å². The Bertz CT molecular complexity index is 508. The van der Waals surface area contributed by atoms with Crippen molar-refractivity contribution in [1.82, 2.24) is 16.1 Å². The van der Waals surface area contributed by atoms with E-state index in [2.05, 4.69) is 10.6 Å². The number of hydrogen-bond donors (Lipinski definition) is 5. The maximum absolute atomic E-state index is 11.5. The van der Waals surface area contributed by atoms with Gasteiger partial charge >= 0.3 is 6.09 Å². The summed E-state index contributed by atoms with van der Waals surface area (Å²) in [6, 6.07) is 7.85. The number of hydrogen-bond acceptors (Lipinski definition) is 6. The molecule has 0 heterocycles. The van der Waals surface area contributed by atoms with Crippen LogP contribution in [0.25, 0.3) is 0 Å². The van der Waals surface area contributed by atoms with Crippen LogP contribution in [0.5, 0.6) is 0 Å². The summed E-state index contributed by atoms with van der Waals surface area (Å²) in [5.41, 5.74) is 2.61. The molecule has 3 amide bonds. The number of rotatable bonds is 7. The van der Waals surface area contributed by atoms with Crippen LogP contribution in [0.1, 0.15) is 5.56 Å². The number of hydrazine groups is 1. The minimum atomic E-state index is -1.18. The van der Waals surface area contributed by atoms with Crippen molar-refractivity contribution in [3.63, 3.8) is 0 Å². The SMILES string of the molecule is NNC(=O)C(CO)NC(=O)CNC(=O)OCc1ccccc1. The Morgan fingerprint density at radius 3 is 2.50 bits per heavy atom. The van der Waals surface area contributed by atoms with Gasteiger partial charge in [-0.1, -0.05) is 30.3 Å². The maximum Gasteiger partial charge on any atom is 0.407 e. The zero-order chi connectivity index (χ0) is 16.4. The molecule has 9 heteroatoms. The molecule has 0 aliphatic heterocycles. The van der Waals surface area contributed by atoms with Crippen molar-refractivity contribution in [1.29, 1.82) is 0 Å². The Labute approximate surface area is 126 Å². The molecule has 0 radical (unpaired) electrons. The van der Waals surface area contributed by atoms with Gasteiger partial charge in [0.25, 0.3) is 5.91 Å². The molecule has 22 heavy (non-hydrogen) atoms. The van der Waals surface area contributed by atoms with E-state index in [1.54, 1.807) is 17.6 Å². The molecule has 1 aromatic carbocycles. The summed E-state index contributed by atoms with van der Waals surface area (Å²) in [5, 5.41) is 13.3. The predicted molar refractivity (Wildman–Crippen MR) is 76.0 cm³/mol. The minimum Gasteiger partial charge on any atom is -0.445 e. The lowest BCUT2D eigenvalue weighted by Gasteiger charge is -2.14. The zero-order valence-electron chi connectivity index (χ0n) is 11.7. The second kappa shape index (κ2) is 9.32. The quantitative estimate of drug-likeness (QED) is 0.233. The first kappa shape index (κ1) is 17.4. The molecular weight excluding hydrogens is 292 g/mol. The molecule has 0 spiro atoms. The zero-order valence-corrected chi connectivity index (χ0v) is 11.7. The minimum absolute atomic E-state index is 0.0726. The van der Waals surface area contributed by atoms with E-state index in [1.807, 2.05) is 18.2 Å². The fraction of sp³-hybridized carbons (Fsp3) is 0.308. The van der Waals surface area contributed by atoms with Crippen molar-refractivity contribution in [2.45, 2.75) is 12.6 Å². The van der Waals surface area contributed by atoms with Crippen LogP contribution < -0.4 is 21.9 Å². The molecule has 0 saturated heterocycles. The Balaban J connectivity index is 2.28. The van der Waals surface area contributed by atoms with Crippen molar-refractivity contribution in [2.75, 3.05) is 13.2 Å². The van der Waals surface area contributed by atoms with Gasteiger partial charge in [0.15, 0.2) is 0 Å². The van der Waals surface area contributed by atoms with Gasteiger partial charge in [-0.25, -0.2) is 10.6 Å². The molecule has 120 valence electrons. The van der Waals surface area contributed by atoms with Gasteiger partial charge < -0.3 is 20.5 Å². The molecule has 0 aliphatic carbocycles.